The van der Waals surface area contributed by atoms with Gasteiger partial charge >= 0.3 is 0 Å². The number of nitrogens with zero attached hydrogens (tertiary/aromatic N) is 3. The highest BCUT2D eigenvalue weighted by Crippen LogP contribution is 2.27. The summed E-state index contributed by atoms with van der Waals surface area (Å²) in [7, 11) is 0. The van der Waals surface area contributed by atoms with E-state index in [1.165, 1.54) is 0 Å². The van der Waals surface area contributed by atoms with Crippen molar-refractivity contribution in [1.82, 2.24) is 9.78 Å². The summed E-state index contributed by atoms with van der Waals surface area (Å²) in [6.07, 6.45) is 3.03. The largest absolute Gasteiger partial charge is 0.222 e. The third-order valence-corrected chi connectivity index (χ3v) is 3.30. The molecule has 0 N–H and O–H groups in total. The van der Waals surface area contributed by atoms with E-state index in [-0.39, 0.29) is 0 Å². The zero-order valence-corrected chi connectivity index (χ0v) is 9.91. The monoisotopic (exact) mass is 243 g/mol. The third-order valence-electron chi connectivity index (χ3n) is 3.07. The van der Waals surface area contributed by atoms with Crippen LogP contribution in [0, 0.1) is 11.3 Å². The number of aryl methyl sites for hydroxylation is 1. The molecular formula is C13H10ClN3. The first-order chi connectivity index (χ1) is 8.29. The molecule has 0 atom stereocenters. The first-order valence-corrected chi connectivity index (χ1v) is 5.94. The highest BCUT2D eigenvalue weighted by atomic mass is 35.5. The van der Waals surface area contributed by atoms with Gasteiger partial charge in [0.1, 0.15) is 11.8 Å². The Morgan fingerprint density at radius 3 is 3.00 bits per heavy atom. The van der Waals surface area contributed by atoms with Crippen LogP contribution in [0.3, 0.4) is 0 Å². The molecule has 0 spiro atoms. The molecule has 1 aliphatic rings. The van der Waals surface area contributed by atoms with Crippen LogP contribution in [0.5, 0.6) is 0 Å². The quantitative estimate of drug-likeness (QED) is 0.773. The summed E-state index contributed by atoms with van der Waals surface area (Å²) in [5.74, 6) is 0. The molecule has 4 heteroatoms. The molecule has 17 heavy (non-hydrogen) atoms. The van der Waals surface area contributed by atoms with Crippen molar-refractivity contribution in [3.8, 4) is 11.8 Å². The molecule has 84 valence electrons. The lowest BCUT2D eigenvalue weighted by molar-refractivity contribution is 0.792. The van der Waals surface area contributed by atoms with Gasteiger partial charge in [0.05, 0.1) is 11.4 Å². The highest BCUT2D eigenvalue weighted by Gasteiger charge is 2.22. The van der Waals surface area contributed by atoms with Crippen LogP contribution in [-0.2, 0) is 12.8 Å². The molecule has 1 aromatic heterocycles. The fourth-order valence-corrected chi connectivity index (χ4v) is 2.49. The number of hydrogen-bond acceptors (Lipinski definition) is 2. The molecule has 1 aromatic carbocycles. The summed E-state index contributed by atoms with van der Waals surface area (Å²) in [4.78, 5) is 0. The van der Waals surface area contributed by atoms with Gasteiger partial charge in [-0.15, -0.1) is 0 Å². The van der Waals surface area contributed by atoms with Crippen molar-refractivity contribution in [3.05, 3.63) is 46.2 Å². The van der Waals surface area contributed by atoms with Gasteiger partial charge < -0.3 is 0 Å². The Hall–Kier alpha value is -1.79. The zero-order chi connectivity index (χ0) is 11.8. The van der Waals surface area contributed by atoms with E-state index in [0.717, 1.165) is 36.2 Å². The van der Waals surface area contributed by atoms with Gasteiger partial charge in [-0.2, -0.15) is 10.4 Å². The van der Waals surface area contributed by atoms with Gasteiger partial charge in [-0.05, 0) is 37.5 Å². The van der Waals surface area contributed by atoms with Crippen LogP contribution < -0.4 is 0 Å². The zero-order valence-electron chi connectivity index (χ0n) is 9.15. The van der Waals surface area contributed by atoms with Crippen LogP contribution in [0.25, 0.3) is 5.69 Å². The minimum atomic E-state index is 0.653. The molecule has 3 nitrogen and oxygen atoms in total. The van der Waals surface area contributed by atoms with Gasteiger partial charge in [-0.3, -0.25) is 0 Å². The van der Waals surface area contributed by atoms with E-state index < -0.39 is 0 Å². The molecule has 3 rings (SSSR count). The number of nitriles is 1. The Kier molecular flexibility index (Phi) is 2.38. The molecule has 0 saturated carbocycles. The topological polar surface area (TPSA) is 41.6 Å². The average Bonchev–Trinajstić information content (AvgIpc) is 2.88. The van der Waals surface area contributed by atoms with Crippen molar-refractivity contribution in [2.24, 2.45) is 0 Å². The second kappa shape index (κ2) is 3.90. The molecule has 1 aliphatic carbocycles. The summed E-state index contributed by atoms with van der Waals surface area (Å²) in [5.41, 5.74) is 3.66. The average molecular weight is 244 g/mol. The van der Waals surface area contributed by atoms with Crippen molar-refractivity contribution < 1.29 is 0 Å². The predicted molar refractivity (Wildman–Crippen MR) is 65.3 cm³/mol. The Balaban J connectivity index is 2.19. The maximum absolute atomic E-state index is 9.26. The van der Waals surface area contributed by atoms with Crippen molar-refractivity contribution in [2.45, 2.75) is 19.3 Å². The molecule has 0 saturated heterocycles. The van der Waals surface area contributed by atoms with E-state index in [2.05, 4.69) is 11.2 Å². The minimum absolute atomic E-state index is 0.653. The fraction of sp³-hybridized carbons (Fsp3) is 0.231. The number of hydrogen-bond donors (Lipinski definition) is 0. The van der Waals surface area contributed by atoms with Crippen LogP contribution in [-0.4, -0.2) is 9.78 Å². The predicted octanol–water partition coefficient (Wildman–Crippen LogP) is 2.89. The first-order valence-electron chi connectivity index (χ1n) is 5.56. The number of aromatic nitrogens is 2. The van der Waals surface area contributed by atoms with E-state index >= 15 is 0 Å². The third kappa shape index (κ3) is 1.62. The van der Waals surface area contributed by atoms with E-state index in [0.29, 0.717) is 10.7 Å². The lowest BCUT2D eigenvalue weighted by Gasteiger charge is -2.04. The van der Waals surface area contributed by atoms with Gasteiger partial charge in [-0.25, -0.2) is 4.68 Å². The SMILES string of the molecule is N#Cc1c2c(nn1-c1cccc(Cl)c1)CCC2. The maximum Gasteiger partial charge on any atom is 0.147 e. The van der Waals surface area contributed by atoms with Gasteiger partial charge in [-0.1, -0.05) is 17.7 Å². The first kappa shape index (κ1) is 10.4. The summed E-state index contributed by atoms with van der Waals surface area (Å²) >= 11 is 5.96. The fourth-order valence-electron chi connectivity index (χ4n) is 2.30. The number of benzene rings is 1. The Labute approximate surface area is 104 Å². The minimum Gasteiger partial charge on any atom is -0.222 e. The normalized spacial score (nSPS) is 13.4. The number of halogens is 1. The lowest BCUT2D eigenvalue weighted by atomic mass is 10.2. The van der Waals surface area contributed by atoms with Crippen molar-refractivity contribution >= 4 is 11.6 Å². The molecule has 0 fully saturated rings. The summed E-state index contributed by atoms with van der Waals surface area (Å²) < 4.78 is 1.70. The highest BCUT2D eigenvalue weighted by molar-refractivity contribution is 6.30. The van der Waals surface area contributed by atoms with Gasteiger partial charge in [0.25, 0.3) is 0 Å². The van der Waals surface area contributed by atoms with E-state index in [9.17, 15) is 5.26 Å². The molecule has 0 radical (unpaired) electrons. The number of rotatable bonds is 1. The Morgan fingerprint density at radius 2 is 2.24 bits per heavy atom. The summed E-state index contributed by atoms with van der Waals surface area (Å²) in [6, 6.07) is 9.67. The van der Waals surface area contributed by atoms with Crippen LogP contribution in [0.2, 0.25) is 5.02 Å². The van der Waals surface area contributed by atoms with Crippen LogP contribution in [0.1, 0.15) is 23.4 Å². The lowest BCUT2D eigenvalue weighted by Crippen LogP contribution is -2.01. The molecule has 0 aliphatic heterocycles. The molecule has 0 bridgehead atoms. The van der Waals surface area contributed by atoms with Crippen LogP contribution >= 0.6 is 11.6 Å². The molecule has 2 aromatic rings. The maximum atomic E-state index is 9.26. The summed E-state index contributed by atoms with van der Waals surface area (Å²) in [5, 5.41) is 14.4. The summed E-state index contributed by atoms with van der Waals surface area (Å²) in [6.45, 7) is 0. The molecular weight excluding hydrogens is 234 g/mol. The van der Waals surface area contributed by atoms with Crippen LogP contribution in [0.4, 0.5) is 0 Å². The van der Waals surface area contributed by atoms with Crippen molar-refractivity contribution in [3.63, 3.8) is 0 Å². The Morgan fingerprint density at radius 1 is 1.35 bits per heavy atom. The second-order valence-electron chi connectivity index (χ2n) is 4.13. The van der Waals surface area contributed by atoms with Crippen LogP contribution in [0.15, 0.2) is 24.3 Å². The molecule has 0 unspecified atom stereocenters. The number of fused-ring (bicyclic) bond motifs is 1. The second-order valence-corrected chi connectivity index (χ2v) is 4.57. The Bertz CT molecular complexity index is 622. The van der Waals surface area contributed by atoms with E-state index in [1.54, 1.807) is 4.68 Å². The van der Waals surface area contributed by atoms with Gasteiger partial charge in [0.2, 0.25) is 0 Å². The van der Waals surface area contributed by atoms with Crippen molar-refractivity contribution in [1.29, 1.82) is 5.26 Å². The van der Waals surface area contributed by atoms with Crippen molar-refractivity contribution in [2.75, 3.05) is 0 Å². The molecule has 0 amide bonds. The smallest absolute Gasteiger partial charge is 0.147 e. The van der Waals surface area contributed by atoms with E-state index in [1.807, 2.05) is 24.3 Å². The van der Waals surface area contributed by atoms with E-state index in [4.69, 9.17) is 11.6 Å². The van der Waals surface area contributed by atoms with Gasteiger partial charge in [0, 0.05) is 10.6 Å². The standard InChI is InChI=1S/C13H10ClN3/c14-9-3-1-4-10(7-9)17-13(8-15)11-5-2-6-12(11)16-17/h1,3-4,7H,2,5-6H2. The van der Waals surface area contributed by atoms with Gasteiger partial charge in [0.15, 0.2) is 0 Å². The molecule has 1 heterocycles.